The fourth-order valence-electron chi connectivity index (χ4n) is 4.54. The lowest BCUT2D eigenvalue weighted by Crippen LogP contribution is -2.53. The van der Waals surface area contributed by atoms with E-state index in [4.69, 9.17) is 0 Å². The van der Waals surface area contributed by atoms with Gasteiger partial charge in [0.05, 0.1) is 17.5 Å². The number of nitrogens with one attached hydrogen (secondary N) is 2. The zero-order chi connectivity index (χ0) is 29.9. The van der Waals surface area contributed by atoms with Crippen molar-refractivity contribution in [1.29, 1.82) is 0 Å². The standard InChI is InChI=1S/C27H24F9IN2O/c1-16-7-8-18(14-22(16)26(32,33)34)24(15-17-5-3-2-4-6-17,39-23(40)38-10-9-25(29,30)31)19-11-20(27(35,36)37)13-21(28)12-19/h2-6,11-14H,7-10,15H2,1H3,(H2,38,39,40)/t24-/m1/s1. The summed E-state index contributed by atoms with van der Waals surface area (Å²) < 4.78 is 120. The average Bonchev–Trinajstić information content (AvgIpc) is 2.82. The summed E-state index contributed by atoms with van der Waals surface area (Å²) in [6, 6.07) is 9.05. The van der Waals surface area contributed by atoms with Crippen LogP contribution >= 0.6 is 22.6 Å². The van der Waals surface area contributed by atoms with Gasteiger partial charge in [-0.15, -0.1) is 0 Å². The van der Waals surface area contributed by atoms with Gasteiger partial charge in [-0.2, -0.15) is 35.1 Å². The molecule has 0 aromatic heterocycles. The van der Waals surface area contributed by atoms with Gasteiger partial charge < -0.3 is 10.6 Å². The second kappa shape index (κ2) is 12.0. The van der Waals surface area contributed by atoms with Gasteiger partial charge in [-0.3, -0.25) is 0 Å². The van der Waals surface area contributed by atoms with Crippen molar-refractivity contribution < 1.29 is 44.3 Å². The number of urea groups is 1. The second-order valence-corrected chi connectivity index (χ2v) is 10.8. The van der Waals surface area contributed by atoms with Gasteiger partial charge in [0, 0.05) is 41.1 Å². The Kier molecular flexibility index (Phi) is 9.57. The van der Waals surface area contributed by atoms with Crippen LogP contribution in [0.3, 0.4) is 0 Å². The van der Waals surface area contributed by atoms with Crippen LogP contribution in [0, 0.1) is 5.82 Å². The van der Waals surface area contributed by atoms with Crippen LogP contribution in [0.5, 0.6) is 0 Å². The fraction of sp³-hybridized carbons (Fsp3) is 0.370. The fourth-order valence-corrected chi connectivity index (χ4v) is 4.85. The smallest absolute Gasteiger partial charge is 0.338 e. The molecule has 0 fully saturated rings. The Hall–Kier alpha value is -2.71. The summed E-state index contributed by atoms with van der Waals surface area (Å²) in [5, 5.41) is 4.48. The van der Waals surface area contributed by atoms with E-state index in [1.165, 1.54) is 6.92 Å². The molecule has 0 aliphatic heterocycles. The SMILES string of the molecule is CC1=C(C(F)(F)F)C=C([C@@](Cc2ccccc2)(NC(=O)NCCC(F)(F)F)c2cc(F)cc(C(F)(F)I)c2)CC1. The first-order valence-corrected chi connectivity index (χ1v) is 13.0. The summed E-state index contributed by atoms with van der Waals surface area (Å²) in [4.78, 5) is 13.0. The summed E-state index contributed by atoms with van der Waals surface area (Å²) in [6.07, 6.45) is -10.5. The van der Waals surface area contributed by atoms with E-state index in [0.717, 1.165) is 40.8 Å². The number of hydrogen-bond donors (Lipinski definition) is 2. The summed E-state index contributed by atoms with van der Waals surface area (Å²) in [7, 11) is 0. The first-order valence-electron chi connectivity index (χ1n) is 11.9. The Morgan fingerprint density at radius 3 is 2.12 bits per heavy atom. The molecule has 0 heterocycles. The van der Waals surface area contributed by atoms with E-state index in [9.17, 15) is 44.3 Å². The molecule has 3 nitrogen and oxygen atoms in total. The highest BCUT2D eigenvalue weighted by molar-refractivity contribution is 14.1. The summed E-state index contributed by atoms with van der Waals surface area (Å²) >= 11 is 0.773. The minimum Gasteiger partial charge on any atom is -0.338 e. The van der Waals surface area contributed by atoms with E-state index in [1.807, 2.05) is 5.32 Å². The number of allylic oxidation sites excluding steroid dienone is 3. The van der Waals surface area contributed by atoms with Crippen LogP contribution in [0.4, 0.5) is 44.3 Å². The number of carbonyl (C=O) groups is 1. The number of alkyl halides is 9. The highest BCUT2D eigenvalue weighted by atomic mass is 127. The Labute approximate surface area is 238 Å². The maximum atomic E-state index is 14.8. The van der Waals surface area contributed by atoms with Crippen LogP contribution in [-0.2, 0) is 15.9 Å². The van der Waals surface area contributed by atoms with Gasteiger partial charge in [-0.1, -0.05) is 35.9 Å². The summed E-state index contributed by atoms with van der Waals surface area (Å²) in [5.41, 5.74) is -3.79. The van der Waals surface area contributed by atoms with Crippen molar-refractivity contribution in [2.45, 2.75) is 54.4 Å². The molecule has 0 spiro atoms. The highest BCUT2D eigenvalue weighted by Crippen LogP contribution is 2.45. The Morgan fingerprint density at radius 1 is 0.925 bits per heavy atom. The monoisotopic (exact) mass is 690 g/mol. The Balaban J connectivity index is 2.27. The second-order valence-electron chi connectivity index (χ2n) is 9.40. The number of benzene rings is 2. The molecule has 2 amide bonds. The molecule has 218 valence electrons. The van der Waals surface area contributed by atoms with Crippen molar-refractivity contribution in [3.63, 3.8) is 0 Å². The van der Waals surface area contributed by atoms with Crippen molar-refractivity contribution in [3.8, 4) is 0 Å². The van der Waals surface area contributed by atoms with Crippen LogP contribution in [0.15, 0.2) is 71.3 Å². The predicted molar refractivity (Wildman–Crippen MR) is 139 cm³/mol. The average molecular weight is 690 g/mol. The quantitative estimate of drug-likeness (QED) is 0.163. The molecule has 0 unspecified atom stereocenters. The summed E-state index contributed by atoms with van der Waals surface area (Å²) in [5.74, 6) is -1.14. The van der Waals surface area contributed by atoms with Gasteiger partial charge in [0.15, 0.2) is 0 Å². The molecule has 1 atom stereocenters. The molecular formula is C27H24F9IN2O. The molecule has 0 saturated heterocycles. The molecule has 3 rings (SSSR count). The van der Waals surface area contributed by atoms with Crippen LogP contribution in [0.1, 0.15) is 42.9 Å². The van der Waals surface area contributed by atoms with Crippen LogP contribution < -0.4 is 10.6 Å². The van der Waals surface area contributed by atoms with Crippen molar-refractivity contribution in [3.05, 3.63) is 93.8 Å². The van der Waals surface area contributed by atoms with Crippen molar-refractivity contribution in [2.24, 2.45) is 0 Å². The lowest BCUT2D eigenvalue weighted by atomic mass is 9.72. The molecule has 0 bridgehead atoms. The molecule has 1 aliphatic carbocycles. The first kappa shape index (κ1) is 31.8. The van der Waals surface area contributed by atoms with Crippen molar-refractivity contribution in [2.75, 3.05) is 6.54 Å². The Bertz CT molecular complexity index is 1280. The van der Waals surface area contributed by atoms with Crippen molar-refractivity contribution >= 4 is 28.6 Å². The van der Waals surface area contributed by atoms with Gasteiger partial charge in [0.25, 0.3) is 0 Å². The third-order valence-electron chi connectivity index (χ3n) is 6.45. The molecule has 0 radical (unpaired) electrons. The van der Waals surface area contributed by atoms with Gasteiger partial charge in [-0.05, 0) is 60.7 Å². The molecule has 2 aromatic rings. The van der Waals surface area contributed by atoms with E-state index in [-0.39, 0.29) is 36.0 Å². The van der Waals surface area contributed by atoms with Crippen LogP contribution in [0.2, 0.25) is 0 Å². The summed E-state index contributed by atoms with van der Waals surface area (Å²) in [6.45, 7) is 0.423. The maximum absolute atomic E-state index is 14.8. The number of carbonyl (C=O) groups excluding carboxylic acids is 1. The van der Waals surface area contributed by atoms with Crippen molar-refractivity contribution in [1.82, 2.24) is 10.6 Å². The molecular weight excluding hydrogens is 666 g/mol. The Morgan fingerprint density at radius 2 is 1.55 bits per heavy atom. The number of halogens is 10. The lowest BCUT2D eigenvalue weighted by Gasteiger charge is -2.40. The largest absolute Gasteiger partial charge is 0.416 e. The van der Waals surface area contributed by atoms with Gasteiger partial charge >= 0.3 is 22.3 Å². The van der Waals surface area contributed by atoms with E-state index < -0.39 is 57.8 Å². The normalized spacial score (nSPS) is 16.3. The van der Waals surface area contributed by atoms with E-state index >= 15 is 0 Å². The van der Waals surface area contributed by atoms with Crippen LogP contribution in [0.25, 0.3) is 0 Å². The molecule has 13 heteroatoms. The number of rotatable bonds is 8. The first-order chi connectivity index (χ1) is 18.4. The third-order valence-corrected chi connectivity index (χ3v) is 7.08. The lowest BCUT2D eigenvalue weighted by molar-refractivity contribution is -0.132. The predicted octanol–water partition coefficient (Wildman–Crippen LogP) is 8.60. The number of hydrogen-bond acceptors (Lipinski definition) is 1. The molecule has 2 aromatic carbocycles. The molecule has 40 heavy (non-hydrogen) atoms. The topological polar surface area (TPSA) is 41.1 Å². The van der Waals surface area contributed by atoms with E-state index in [0.29, 0.717) is 11.6 Å². The minimum atomic E-state index is -4.80. The zero-order valence-electron chi connectivity index (χ0n) is 20.9. The van der Waals surface area contributed by atoms with E-state index in [2.05, 4.69) is 5.32 Å². The van der Waals surface area contributed by atoms with Gasteiger partial charge in [-0.25, -0.2) is 9.18 Å². The molecule has 0 saturated carbocycles. The third kappa shape index (κ3) is 8.16. The van der Waals surface area contributed by atoms with Crippen LogP contribution in [-0.4, -0.2) is 24.9 Å². The van der Waals surface area contributed by atoms with E-state index in [1.54, 1.807) is 30.3 Å². The maximum Gasteiger partial charge on any atom is 0.416 e. The molecule has 2 N–H and O–H groups in total. The molecule has 1 aliphatic rings. The highest BCUT2D eigenvalue weighted by Gasteiger charge is 2.44. The van der Waals surface area contributed by atoms with Gasteiger partial charge in [0.1, 0.15) is 5.82 Å². The zero-order valence-corrected chi connectivity index (χ0v) is 23.1. The number of amides is 2. The minimum absolute atomic E-state index is 0.00165. The van der Waals surface area contributed by atoms with Gasteiger partial charge in [0.2, 0.25) is 0 Å².